The van der Waals surface area contributed by atoms with Gasteiger partial charge in [-0.3, -0.25) is 29.4 Å². The molecule has 0 unspecified atom stereocenters. The summed E-state index contributed by atoms with van der Waals surface area (Å²) in [6.07, 6.45) is 7.01. The Morgan fingerprint density at radius 1 is 0.662 bits per heavy atom. The molecule has 5 atom stereocenters. The van der Waals surface area contributed by atoms with E-state index in [-0.39, 0.29) is 32.2 Å². The number of rotatable bonds is 23. The SMILES string of the molecule is C[C@H](NC(=O)[C@@H](CCc1c[nH]c2ccccc12)NC(=O)[C@@H](N)Cc1cnc[nH]1)C(=O)NN(Cc1ccc(-c2ccccc2)cc1)C(=O)N[C@H](Cc1ccccc1)C(=O)N[C@@H](CCCCN)C(N)=O. The first-order valence-corrected chi connectivity index (χ1v) is 22.6. The highest BCUT2D eigenvalue weighted by atomic mass is 16.2. The molecule has 0 saturated carbocycles. The Hall–Kier alpha value is -7.83. The van der Waals surface area contributed by atoms with Gasteiger partial charge >= 0.3 is 6.03 Å². The summed E-state index contributed by atoms with van der Waals surface area (Å²) in [6.45, 7) is 1.68. The van der Waals surface area contributed by atoms with E-state index >= 15 is 0 Å². The van der Waals surface area contributed by atoms with Gasteiger partial charge in [0.1, 0.15) is 24.2 Å². The first kappa shape index (κ1) is 49.6. The summed E-state index contributed by atoms with van der Waals surface area (Å²) >= 11 is 0. The van der Waals surface area contributed by atoms with E-state index in [4.69, 9.17) is 17.2 Å². The average molecular weight is 925 g/mol. The second kappa shape index (κ2) is 24.6. The number of benzene rings is 4. The molecule has 18 nitrogen and oxygen atoms in total. The largest absolute Gasteiger partial charge is 0.368 e. The number of hydrogen-bond donors (Lipinski definition) is 10. The smallest absolute Gasteiger partial charge is 0.337 e. The van der Waals surface area contributed by atoms with E-state index in [9.17, 15) is 28.8 Å². The summed E-state index contributed by atoms with van der Waals surface area (Å²) in [6, 6.07) is 27.3. The molecule has 18 heteroatoms. The number of carbonyl (C=O) groups excluding carboxylic acids is 6. The van der Waals surface area contributed by atoms with Crippen LogP contribution in [0.5, 0.6) is 0 Å². The van der Waals surface area contributed by atoms with Gasteiger partial charge in [-0.2, -0.15) is 0 Å². The normalized spacial score (nSPS) is 13.3. The lowest BCUT2D eigenvalue weighted by Gasteiger charge is -2.29. The molecule has 0 aliphatic carbocycles. The molecule has 2 heterocycles. The van der Waals surface area contributed by atoms with Crippen molar-refractivity contribution in [1.29, 1.82) is 0 Å². The summed E-state index contributed by atoms with van der Waals surface area (Å²) in [5, 5.41) is 12.9. The lowest BCUT2D eigenvalue weighted by Crippen LogP contribution is -2.60. The lowest BCUT2D eigenvalue weighted by molar-refractivity contribution is -0.133. The van der Waals surface area contributed by atoms with E-state index in [1.54, 1.807) is 30.5 Å². The van der Waals surface area contributed by atoms with E-state index in [0.29, 0.717) is 42.6 Å². The second-order valence-electron chi connectivity index (χ2n) is 16.6. The Morgan fingerprint density at radius 3 is 2.01 bits per heavy atom. The van der Waals surface area contributed by atoms with Crippen LogP contribution in [0.2, 0.25) is 0 Å². The summed E-state index contributed by atoms with van der Waals surface area (Å²) in [4.78, 5) is 92.5. The first-order chi connectivity index (χ1) is 32.9. The summed E-state index contributed by atoms with van der Waals surface area (Å²) in [5.41, 5.74) is 25.9. The van der Waals surface area contributed by atoms with E-state index in [0.717, 1.165) is 32.6 Å². The second-order valence-corrected chi connectivity index (χ2v) is 16.6. The number of para-hydroxylation sites is 1. The highest BCUT2D eigenvalue weighted by molar-refractivity contribution is 5.94. The molecule has 6 rings (SSSR count). The fourth-order valence-electron chi connectivity index (χ4n) is 7.64. The molecule has 2 aromatic heterocycles. The van der Waals surface area contributed by atoms with Crippen molar-refractivity contribution in [3.63, 3.8) is 0 Å². The van der Waals surface area contributed by atoms with Crippen molar-refractivity contribution in [2.45, 2.75) is 88.6 Å². The third kappa shape index (κ3) is 14.3. The van der Waals surface area contributed by atoms with Gasteiger partial charge in [0.05, 0.1) is 18.9 Å². The van der Waals surface area contributed by atoms with Crippen molar-refractivity contribution >= 4 is 46.5 Å². The van der Waals surface area contributed by atoms with Crippen molar-refractivity contribution < 1.29 is 28.8 Å². The zero-order valence-electron chi connectivity index (χ0n) is 38.0. The highest BCUT2D eigenvalue weighted by Crippen LogP contribution is 2.21. The topological polar surface area (TPSA) is 288 Å². The van der Waals surface area contributed by atoms with Gasteiger partial charge in [-0.25, -0.2) is 14.8 Å². The fraction of sp³-hybridized carbons (Fsp3) is 0.300. The Labute approximate surface area is 394 Å². The minimum atomic E-state index is -1.24. The number of H-pyrrole nitrogens is 2. The molecule has 68 heavy (non-hydrogen) atoms. The fourth-order valence-corrected chi connectivity index (χ4v) is 7.64. The number of aromatic nitrogens is 3. The molecule has 13 N–H and O–H groups in total. The van der Waals surface area contributed by atoms with Crippen LogP contribution in [0.4, 0.5) is 4.79 Å². The highest BCUT2D eigenvalue weighted by Gasteiger charge is 2.31. The van der Waals surface area contributed by atoms with Crippen LogP contribution in [0.15, 0.2) is 128 Å². The number of unbranched alkanes of at least 4 members (excludes halogenated alkanes) is 1. The number of hydrogen-bond acceptors (Lipinski definition) is 9. The quantitative estimate of drug-likeness (QED) is 0.0334. The molecule has 0 saturated heterocycles. The van der Waals surface area contributed by atoms with Crippen molar-refractivity contribution in [1.82, 2.24) is 46.7 Å². The van der Waals surface area contributed by atoms with Gasteiger partial charge in [0.25, 0.3) is 5.91 Å². The predicted octanol–water partition coefficient (Wildman–Crippen LogP) is 3.00. The van der Waals surface area contributed by atoms with E-state index in [2.05, 4.69) is 41.6 Å². The number of amides is 7. The molecule has 0 aliphatic rings. The molecule has 0 fully saturated rings. The minimum Gasteiger partial charge on any atom is -0.368 e. The van der Waals surface area contributed by atoms with Crippen LogP contribution in [-0.2, 0) is 49.8 Å². The van der Waals surface area contributed by atoms with Crippen LogP contribution in [0.25, 0.3) is 22.0 Å². The Bertz CT molecular complexity index is 2590. The van der Waals surface area contributed by atoms with Crippen LogP contribution in [-0.4, -0.2) is 92.3 Å². The first-order valence-electron chi connectivity index (χ1n) is 22.6. The third-order valence-electron chi connectivity index (χ3n) is 11.5. The molecule has 7 amide bonds. The van der Waals surface area contributed by atoms with Crippen LogP contribution in [0, 0.1) is 0 Å². The van der Waals surface area contributed by atoms with Crippen molar-refractivity contribution in [3.05, 3.63) is 150 Å². The maximum absolute atomic E-state index is 14.4. The summed E-state index contributed by atoms with van der Waals surface area (Å²) in [7, 11) is 0. The molecule has 0 spiro atoms. The zero-order valence-corrected chi connectivity index (χ0v) is 38.0. The van der Waals surface area contributed by atoms with Gasteiger partial charge in [0.2, 0.25) is 23.6 Å². The Balaban J connectivity index is 1.21. The standard InChI is InChI=1S/C50H60N12O6/c1-32(57-48(66)43(59-47(65)40(52)27-38-29-54-31-56-38)24-23-37-28-55-41-17-9-8-16-39(37)41)46(64)61-62(30-34-19-21-36(22-20-34)35-14-6-3-7-15-35)50(68)60-44(26-33-12-4-2-5-13-33)49(67)58-42(45(53)63)18-10-11-25-51/h2-9,12-17,19-22,28-29,31-32,40,42-44,55H,10-11,18,23-27,30,51-52H2,1H3,(H2,53,63)(H,54,56)(H,57,66)(H,58,67)(H,59,65)(H,60,68)(H,61,64)/t32-,40-,42-,43+,44+/m0/s1. The number of imidazole rings is 1. The van der Waals surface area contributed by atoms with Crippen LogP contribution in [0.3, 0.4) is 0 Å². The van der Waals surface area contributed by atoms with Crippen molar-refractivity contribution in [2.24, 2.45) is 17.2 Å². The van der Waals surface area contributed by atoms with E-state index < -0.39 is 65.8 Å². The van der Waals surface area contributed by atoms with Crippen LogP contribution < -0.4 is 43.9 Å². The number of nitrogens with one attached hydrogen (secondary N) is 7. The van der Waals surface area contributed by atoms with E-state index in [1.807, 2.05) is 91.1 Å². The van der Waals surface area contributed by atoms with Gasteiger partial charge in [-0.15, -0.1) is 0 Å². The molecular formula is C50H60N12O6. The van der Waals surface area contributed by atoms with Gasteiger partial charge in [-0.05, 0) is 79.5 Å². The zero-order chi connectivity index (χ0) is 48.4. The molecule has 356 valence electrons. The van der Waals surface area contributed by atoms with Gasteiger partial charge in [0, 0.05) is 41.8 Å². The van der Waals surface area contributed by atoms with E-state index in [1.165, 1.54) is 13.3 Å². The number of hydrazine groups is 1. The molecule has 6 aromatic rings. The van der Waals surface area contributed by atoms with Gasteiger partial charge in [0.15, 0.2) is 0 Å². The maximum atomic E-state index is 14.4. The maximum Gasteiger partial charge on any atom is 0.337 e. The number of urea groups is 1. The van der Waals surface area contributed by atoms with Gasteiger partial charge < -0.3 is 48.4 Å². The molecule has 0 aliphatic heterocycles. The Morgan fingerprint density at radius 2 is 1.32 bits per heavy atom. The van der Waals surface area contributed by atoms with Crippen LogP contribution >= 0.6 is 0 Å². The molecule has 0 radical (unpaired) electrons. The minimum absolute atomic E-state index is 0.0317. The molecule has 4 aromatic carbocycles. The molecule has 0 bridgehead atoms. The number of fused-ring (bicyclic) bond motifs is 1. The number of primary amides is 1. The van der Waals surface area contributed by atoms with Crippen molar-refractivity contribution in [3.8, 4) is 11.1 Å². The number of carbonyl (C=O) groups is 6. The average Bonchev–Trinajstić information content (AvgIpc) is 4.02. The number of aryl methyl sites for hydroxylation is 1. The van der Waals surface area contributed by atoms with Gasteiger partial charge in [-0.1, -0.05) is 103 Å². The monoisotopic (exact) mass is 924 g/mol. The molecular weight excluding hydrogens is 865 g/mol. The Kier molecular flexibility index (Phi) is 18.0. The summed E-state index contributed by atoms with van der Waals surface area (Å²) < 4.78 is 0. The number of aromatic amines is 2. The lowest BCUT2D eigenvalue weighted by atomic mass is 10.0. The number of nitrogens with zero attached hydrogens (tertiary/aromatic N) is 2. The van der Waals surface area contributed by atoms with Crippen LogP contribution in [0.1, 0.15) is 55.0 Å². The number of nitrogens with two attached hydrogens (primary N) is 3. The predicted molar refractivity (Wildman–Crippen MR) is 258 cm³/mol. The third-order valence-corrected chi connectivity index (χ3v) is 11.5. The van der Waals surface area contributed by atoms with Crippen molar-refractivity contribution in [2.75, 3.05) is 6.54 Å². The summed E-state index contributed by atoms with van der Waals surface area (Å²) in [5.74, 6) is -3.41.